The van der Waals surface area contributed by atoms with Crippen molar-refractivity contribution in [3.8, 4) is 39.5 Å². The molecule has 0 atom stereocenters. The predicted octanol–water partition coefficient (Wildman–Crippen LogP) is 9.63. The molecule has 0 radical (unpaired) electrons. The van der Waals surface area contributed by atoms with Gasteiger partial charge in [-0.2, -0.15) is 39.5 Å². The molecule has 3 aromatic carbocycles. The summed E-state index contributed by atoms with van der Waals surface area (Å²) in [5, 5.41) is 10.3. The molecule has 0 aliphatic heterocycles. The van der Waals surface area contributed by atoms with Gasteiger partial charge in [-0.25, -0.2) is 0 Å². The molecular weight excluding hydrogens is 794 g/mol. The number of benzene rings is 3. The Morgan fingerprint density at radius 2 is 1.24 bits per heavy atom. The van der Waals surface area contributed by atoms with Crippen LogP contribution in [-0.2, 0) is 46.0 Å². The second kappa shape index (κ2) is 12.7. The van der Waals surface area contributed by atoms with Crippen LogP contribution in [0.1, 0.15) is 27.8 Å². The Hall–Kier alpha value is -4.18. The van der Waals surface area contributed by atoms with Crippen LogP contribution in [-0.4, -0.2) is 15.1 Å². The van der Waals surface area contributed by atoms with Gasteiger partial charge in [0, 0.05) is 27.3 Å². The van der Waals surface area contributed by atoms with Crippen LogP contribution in [0.3, 0.4) is 0 Å². The van der Waals surface area contributed by atoms with Crippen molar-refractivity contribution >= 4 is 0 Å². The van der Waals surface area contributed by atoms with Crippen LogP contribution in [0, 0.1) is 6.07 Å². The largest absolute Gasteiger partial charge is 0.508 e. The van der Waals surface area contributed by atoms with E-state index in [9.17, 15) is 44.6 Å². The van der Waals surface area contributed by atoms with Gasteiger partial charge in [-0.15, -0.1) is 29.3 Å². The molecule has 2 aromatic heterocycles. The van der Waals surface area contributed by atoms with Crippen molar-refractivity contribution in [3.05, 3.63) is 125 Å². The summed E-state index contributed by atoms with van der Waals surface area (Å²) >= 11 is 0. The quantitative estimate of drug-likeness (QED) is 0.142. The molecule has 5 rings (SSSR count). The van der Waals surface area contributed by atoms with Crippen LogP contribution in [0.4, 0.5) is 39.5 Å². The fourth-order valence-electron chi connectivity index (χ4n) is 4.68. The summed E-state index contributed by atoms with van der Waals surface area (Å²) in [6.45, 7) is 0. The van der Waals surface area contributed by atoms with Gasteiger partial charge in [-0.3, -0.25) is 9.97 Å². The van der Waals surface area contributed by atoms with Crippen molar-refractivity contribution in [3.63, 3.8) is 0 Å². The number of hydrogen-bond donors (Lipinski definition) is 1. The second-order valence-corrected chi connectivity index (χ2v) is 9.68. The summed E-state index contributed by atoms with van der Waals surface area (Å²) in [5.74, 6) is -0.190. The zero-order valence-electron chi connectivity index (χ0n) is 22.4. The average molecular weight is 813 g/mol. The van der Waals surface area contributed by atoms with Crippen molar-refractivity contribution in [2.45, 2.75) is 24.9 Å². The van der Waals surface area contributed by atoms with Crippen LogP contribution >= 0.6 is 0 Å². The average Bonchev–Trinajstić information content (AvgIpc) is 2.96. The van der Waals surface area contributed by atoms with Crippen molar-refractivity contribution in [1.29, 1.82) is 0 Å². The van der Waals surface area contributed by atoms with Crippen molar-refractivity contribution in [1.82, 2.24) is 9.97 Å². The second-order valence-electron chi connectivity index (χ2n) is 9.68. The van der Waals surface area contributed by atoms with Crippen LogP contribution in [0.2, 0.25) is 0 Å². The van der Waals surface area contributed by atoms with Gasteiger partial charge < -0.3 is 5.11 Å². The zero-order chi connectivity index (χ0) is 31.9. The maximum absolute atomic E-state index is 14.2. The third-order valence-corrected chi connectivity index (χ3v) is 6.61. The summed E-state index contributed by atoms with van der Waals surface area (Å²) in [7, 11) is 0. The third kappa shape index (κ3) is 7.56. The van der Waals surface area contributed by atoms with Crippen LogP contribution < -0.4 is 0 Å². The monoisotopic (exact) mass is 812 g/mol. The number of pyridine rings is 2. The topological polar surface area (TPSA) is 46.0 Å². The van der Waals surface area contributed by atoms with Gasteiger partial charge >= 0.3 is 18.5 Å². The Morgan fingerprint density at radius 3 is 1.82 bits per heavy atom. The first-order valence-corrected chi connectivity index (χ1v) is 12.7. The normalized spacial score (nSPS) is 12.1. The number of aromatic nitrogens is 2. The van der Waals surface area contributed by atoms with E-state index in [2.05, 4.69) is 16.0 Å². The molecule has 45 heavy (non-hydrogen) atoms. The molecule has 0 aliphatic carbocycles. The molecule has 2 heterocycles. The molecule has 0 bridgehead atoms. The smallest absolute Gasteiger partial charge is 0.416 e. The first-order valence-electron chi connectivity index (χ1n) is 12.7. The Morgan fingerprint density at radius 1 is 0.644 bits per heavy atom. The van der Waals surface area contributed by atoms with Crippen molar-refractivity contribution in [2.75, 3.05) is 0 Å². The van der Waals surface area contributed by atoms with E-state index in [-0.39, 0.29) is 67.8 Å². The molecular formula is C32H18F9N2OPt-. The van der Waals surface area contributed by atoms with Gasteiger partial charge in [0.25, 0.3) is 0 Å². The Bertz CT molecular complexity index is 1780. The third-order valence-electron chi connectivity index (χ3n) is 6.61. The van der Waals surface area contributed by atoms with Gasteiger partial charge in [0.2, 0.25) is 0 Å². The van der Waals surface area contributed by atoms with E-state index in [1.54, 1.807) is 36.4 Å². The molecule has 236 valence electrons. The van der Waals surface area contributed by atoms with E-state index in [0.29, 0.717) is 11.4 Å². The molecule has 0 spiro atoms. The Labute approximate surface area is 264 Å². The van der Waals surface area contributed by atoms with Gasteiger partial charge in [0.05, 0.1) is 28.1 Å². The number of rotatable bonds is 5. The summed E-state index contributed by atoms with van der Waals surface area (Å²) in [5.41, 5.74) is -7.30. The number of alkyl halides is 9. The van der Waals surface area contributed by atoms with Gasteiger partial charge in [-0.05, 0) is 59.6 Å². The van der Waals surface area contributed by atoms with Gasteiger partial charge in [0.1, 0.15) is 5.75 Å². The summed E-state index contributed by atoms with van der Waals surface area (Å²) in [4.78, 5) is 8.66. The van der Waals surface area contributed by atoms with E-state index in [1.165, 1.54) is 30.5 Å². The minimum absolute atomic E-state index is 0. The maximum atomic E-state index is 14.2. The number of aromatic hydroxyl groups is 1. The molecule has 0 saturated heterocycles. The molecule has 5 aromatic rings. The van der Waals surface area contributed by atoms with E-state index in [1.807, 2.05) is 0 Å². The number of hydrogen-bond acceptors (Lipinski definition) is 3. The summed E-state index contributed by atoms with van der Waals surface area (Å²) in [6, 6.07) is 19.7. The van der Waals surface area contributed by atoms with Crippen molar-refractivity contribution < 1.29 is 65.7 Å². The molecule has 0 saturated carbocycles. The van der Waals surface area contributed by atoms with Crippen LogP contribution in [0.25, 0.3) is 33.8 Å². The molecule has 0 fully saturated rings. The van der Waals surface area contributed by atoms with Crippen LogP contribution in [0.15, 0.2) is 91.1 Å². The molecule has 13 heteroatoms. The van der Waals surface area contributed by atoms with E-state index in [4.69, 9.17) is 0 Å². The minimum atomic E-state index is -5.59. The van der Waals surface area contributed by atoms with Crippen molar-refractivity contribution in [2.24, 2.45) is 0 Å². The maximum Gasteiger partial charge on any atom is 0.416 e. The number of phenolic OH excluding ortho intramolecular Hbond substituents is 1. The standard InChI is InChI=1S/C32H18F9N2O.Pt/c33-30(34,35)22-16-23(31(36,37)38)29(24(17-22)32(39,40)41)21-14-18(12-19-6-1-2-10-28(19)44)13-20(15-21)25-8-5-9-27(43-25)26-7-3-4-11-42-26;/h1-11,14-17,44H,12H2;/q-1;. The molecule has 0 amide bonds. The fourth-order valence-corrected chi connectivity index (χ4v) is 4.68. The Balaban J connectivity index is 0.00000461. The summed E-state index contributed by atoms with van der Waals surface area (Å²) in [6.07, 6.45) is -15.4. The number of nitrogens with zero attached hydrogens (tertiary/aromatic N) is 2. The number of halogens is 9. The Kier molecular flexibility index (Phi) is 9.49. The van der Waals surface area contributed by atoms with Gasteiger partial charge in [-0.1, -0.05) is 42.0 Å². The first-order chi connectivity index (χ1) is 20.6. The first kappa shape index (κ1) is 33.7. The molecule has 1 N–H and O–H groups in total. The van der Waals surface area contributed by atoms with E-state index < -0.39 is 46.3 Å². The number of para-hydroxylation sites is 1. The van der Waals surface area contributed by atoms with Gasteiger partial charge in [0.15, 0.2) is 0 Å². The predicted molar refractivity (Wildman–Crippen MR) is 143 cm³/mol. The zero-order valence-corrected chi connectivity index (χ0v) is 24.7. The molecule has 3 nitrogen and oxygen atoms in total. The SMILES string of the molecule is Oc1ccccc1Cc1[c-]c(-c2cccc(-c3ccccn3)n2)cc(-c2c(C(F)(F)F)cc(C(F)(F)F)cc2C(F)(F)F)c1.[Pt]. The molecule has 0 unspecified atom stereocenters. The number of phenols is 1. The van der Waals surface area contributed by atoms with Crippen LogP contribution in [0.5, 0.6) is 5.75 Å². The van der Waals surface area contributed by atoms with E-state index in [0.717, 1.165) is 12.1 Å². The fraction of sp³-hybridized carbons (Fsp3) is 0.125. The minimum Gasteiger partial charge on any atom is -0.508 e. The molecule has 0 aliphatic rings. The summed E-state index contributed by atoms with van der Waals surface area (Å²) < 4.78 is 126. The van der Waals surface area contributed by atoms with E-state index >= 15 is 0 Å².